The zero-order valence-electron chi connectivity index (χ0n) is 12.9. The molecule has 3 aromatic rings. The van der Waals surface area contributed by atoms with Crippen LogP contribution in [0.5, 0.6) is 0 Å². The number of hydrogen-bond acceptors (Lipinski definition) is 3. The molecular weight excluding hydrogens is 394 g/mol. The fourth-order valence-corrected chi connectivity index (χ4v) is 2.91. The van der Waals surface area contributed by atoms with Crippen molar-refractivity contribution in [2.75, 3.05) is 5.32 Å². The van der Waals surface area contributed by atoms with Gasteiger partial charge in [-0.25, -0.2) is 0 Å². The van der Waals surface area contributed by atoms with E-state index in [0.29, 0.717) is 34.0 Å². The molecule has 1 aromatic carbocycles. The maximum Gasteiger partial charge on any atom is 0.277 e. The van der Waals surface area contributed by atoms with Crippen LogP contribution in [0.1, 0.15) is 23.0 Å². The van der Waals surface area contributed by atoms with Gasteiger partial charge < -0.3 is 5.32 Å². The van der Waals surface area contributed by atoms with Crippen molar-refractivity contribution in [3.63, 3.8) is 0 Å². The molecule has 6 nitrogen and oxygen atoms in total. The van der Waals surface area contributed by atoms with Gasteiger partial charge in [-0.2, -0.15) is 10.2 Å². The number of nitrogens with one attached hydrogen (secondary N) is 1. The summed E-state index contributed by atoms with van der Waals surface area (Å²) in [6, 6.07) is 7.59. The maximum absolute atomic E-state index is 12.3. The third kappa shape index (κ3) is 3.68. The van der Waals surface area contributed by atoms with E-state index in [0.717, 1.165) is 5.56 Å². The van der Waals surface area contributed by atoms with Crippen LogP contribution in [0.4, 0.5) is 5.69 Å². The molecule has 8 heteroatoms. The summed E-state index contributed by atoms with van der Waals surface area (Å²) in [5.74, 6) is -0.286. The van der Waals surface area contributed by atoms with Crippen molar-refractivity contribution in [2.24, 2.45) is 0 Å². The topological polar surface area (TPSA) is 64.7 Å². The zero-order valence-corrected chi connectivity index (χ0v) is 15.3. The summed E-state index contributed by atoms with van der Waals surface area (Å²) in [5.41, 5.74) is 1.91. The fourth-order valence-electron chi connectivity index (χ4n) is 2.22. The lowest BCUT2D eigenvalue weighted by molar-refractivity contribution is 0.102. The highest BCUT2D eigenvalue weighted by Gasteiger charge is 2.15. The SMILES string of the molecule is CCn1cc(Br)c(C(=O)Nc2cnn(Cc3ccccc3Cl)c2)n1. The van der Waals surface area contributed by atoms with Gasteiger partial charge in [0.05, 0.1) is 22.9 Å². The first kappa shape index (κ1) is 16.7. The summed E-state index contributed by atoms with van der Waals surface area (Å²) < 4.78 is 4.07. The molecule has 2 heterocycles. The van der Waals surface area contributed by atoms with Gasteiger partial charge in [0.25, 0.3) is 5.91 Å². The molecule has 0 bridgehead atoms. The second-order valence-electron chi connectivity index (χ2n) is 5.15. The predicted molar refractivity (Wildman–Crippen MR) is 96.3 cm³/mol. The molecule has 1 amide bonds. The summed E-state index contributed by atoms with van der Waals surface area (Å²) in [6.07, 6.45) is 5.13. The minimum absolute atomic E-state index is 0.286. The number of hydrogen-bond donors (Lipinski definition) is 1. The van der Waals surface area contributed by atoms with Crippen LogP contribution in [0.3, 0.4) is 0 Å². The number of anilines is 1. The second-order valence-corrected chi connectivity index (χ2v) is 6.41. The van der Waals surface area contributed by atoms with E-state index in [1.807, 2.05) is 31.2 Å². The molecule has 1 N–H and O–H groups in total. The third-order valence-corrected chi connectivity index (χ3v) is 4.39. The van der Waals surface area contributed by atoms with E-state index in [2.05, 4.69) is 31.4 Å². The van der Waals surface area contributed by atoms with Crippen molar-refractivity contribution in [1.29, 1.82) is 0 Å². The molecule has 3 rings (SSSR count). The van der Waals surface area contributed by atoms with Gasteiger partial charge in [0.2, 0.25) is 0 Å². The van der Waals surface area contributed by atoms with Crippen LogP contribution in [0.15, 0.2) is 47.3 Å². The Bertz CT molecular complexity index is 873. The third-order valence-electron chi connectivity index (χ3n) is 3.44. The highest BCUT2D eigenvalue weighted by Crippen LogP contribution is 2.18. The first-order valence-corrected chi connectivity index (χ1v) is 8.54. The molecule has 0 radical (unpaired) electrons. The molecule has 0 fully saturated rings. The molecule has 0 atom stereocenters. The summed E-state index contributed by atoms with van der Waals surface area (Å²) in [7, 11) is 0. The van der Waals surface area contributed by atoms with Crippen molar-refractivity contribution in [3.05, 3.63) is 63.6 Å². The Kier molecular flexibility index (Phi) is 5.01. The Hall–Kier alpha value is -2.12. The Morgan fingerprint density at radius 1 is 1.29 bits per heavy atom. The molecule has 0 aliphatic rings. The molecule has 2 aromatic heterocycles. The van der Waals surface area contributed by atoms with Crippen LogP contribution in [-0.2, 0) is 13.1 Å². The molecule has 0 saturated carbocycles. The lowest BCUT2D eigenvalue weighted by atomic mass is 10.2. The number of benzene rings is 1. The van der Waals surface area contributed by atoms with Gasteiger partial charge in [-0.3, -0.25) is 14.2 Å². The number of amides is 1. The van der Waals surface area contributed by atoms with E-state index < -0.39 is 0 Å². The number of aromatic nitrogens is 4. The number of rotatable bonds is 5. The summed E-state index contributed by atoms with van der Waals surface area (Å²) in [6.45, 7) is 3.19. The number of carbonyl (C=O) groups is 1. The van der Waals surface area contributed by atoms with Crippen LogP contribution in [0.25, 0.3) is 0 Å². The van der Waals surface area contributed by atoms with E-state index in [1.54, 1.807) is 28.0 Å². The smallest absolute Gasteiger partial charge is 0.277 e. The van der Waals surface area contributed by atoms with E-state index in [-0.39, 0.29) is 5.91 Å². The minimum Gasteiger partial charge on any atom is -0.318 e. The van der Waals surface area contributed by atoms with Crippen LogP contribution in [-0.4, -0.2) is 25.5 Å². The Morgan fingerprint density at radius 2 is 2.08 bits per heavy atom. The number of nitrogens with zero attached hydrogens (tertiary/aromatic N) is 4. The lowest BCUT2D eigenvalue weighted by Gasteiger charge is -2.04. The van der Waals surface area contributed by atoms with Gasteiger partial charge in [-0.05, 0) is 34.5 Å². The quantitative estimate of drug-likeness (QED) is 0.698. The summed E-state index contributed by atoms with van der Waals surface area (Å²) in [5, 5.41) is 12.0. The first-order chi connectivity index (χ1) is 11.6. The first-order valence-electron chi connectivity index (χ1n) is 7.37. The maximum atomic E-state index is 12.3. The predicted octanol–water partition coefficient (Wildman–Crippen LogP) is 3.82. The van der Waals surface area contributed by atoms with Crippen molar-refractivity contribution in [2.45, 2.75) is 20.0 Å². The largest absolute Gasteiger partial charge is 0.318 e. The van der Waals surface area contributed by atoms with Gasteiger partial charge in [-0.15, -0.1) is 0 Å². The molecule has 24 heavy (non-hydrogen) atoms. The number of carbonyl (C=O) groups excluding carboxylic acids is 1. The lowest BCUT2D eigenvalue weighted by Crippen LogP contribution is -2.13. The molecule has 0 unspecified atom stereocenters. The summed E-state index contributed by atoms with van der Waals surface area (Å²) in [4.78, 5) is 12.3. The highest BCUT2D eigenvalue weighted by atomic mass is 79.9. The molecule has 124 valence electrons. The molecule has 0 aliphatic heterocycles. The van der Waals surface area contributed by atoms with Crippen molar-refractivity contribution >= 4 is 39.1 Å². The van der Waals surface area contributed by atoms with E-state index in [9.17, 15) is 4.79 Å². The fraction of sp³-hybridized carbons (Fsp3) is 0.188. The highest BCUT2D eigenvalue weighted by molar-refractivity contribution is 9.10. The molecule has 0 saturated heterocycles. The zero-order chi connectivity index (χ0) is 17.1. The summed E-state index contributed by atoms with van der Waals surface area (Å²) >= 11 is 9.50. The number of aryl methyl sites for hydroxylation is 1. The van der Waals surface area contributed by atoms with Crippen LogP contribution >= 0.6 is 27.5 Å². The molecular formula is C16H15BrClN5O. The van der Waals surface area contributed by atoms with Crippen LogP contribution in [0.2, 0.25) is 5.02 Å². The number of halogens is 2. The van der Waals surface area contributed by atoms with Gasteiger partial charge in [0.1, 0.15) is 0 Å². The van der Waals surface area contributed by atoms with E-state index in [4.69, 9.17) is 11.6 Å². The monoisotopic (exact) mass is 407 g/mol. The van der Waals surface area contributed by atoms with Gasteiger partial charge in [-0.1, -0.05) is 29.8 Å². The van der Waals surface area contributed by atoms with Crippen molar-refractivity contribution in [3.8, 4) is 0 Å². The van der Waals surface area contributed by atoms with Gasteiger partial charge >= 0.3 is 0 Å². The van der Waals surface area contributed by atoms with E-state index in [1.165, 1.54) is 0 Å². The van der Waals surface area contributed by atoms with E-state index >= 15 is 0 Å². The Morgan fingerprint density at radius 3 is 2.79 bits per heavy atom. The second kappa shape index (κ2) is 7.19. The Balaban J connectivity index is 1.70. The van der Waals surface area contributed by atoms with Gasteiger partial charge in [0, 0.05) is 24.0 Å². The average Bonchev–Trinajstić information content (AvgIpc) is 3.16. The minimum atomic E-state index is -0.286. The molecule has 0 spiro atoms. The van der Waals surface area contributed by atoms with Crippen LogP contribution in [0, 0.1) is 0 Å². The van der Waals surface area contributed by atoms with Crippen LogP contribution < -0.4 is 5.32 Å². The van der Waals surface area contributed by atoms with Crippen molar-refractivity contribution in [1.82, 2.24) is 19.6 Å². The van der Waals surface area contributed by atoms with Gasteiger partial charge in [0.15, 0.2) is 5.69 Å². The Labute approximate surface area is 152 Å². The van der Waals surface area contributed by atoms with Crippen molar-refractivity contribution < 1.29 is 4.79 Å². The molecule has 0 aliphatic carbocycles. The standard InChI is InChI=1S/C16H15BrClN5O/c1-2-22-10-13(17)15(21-22)16(24)20-12-7-19-23(9-12)8-11-5-3-4-6-14(11)18/h3-7,9-10H,2,8H2,1H3,(H,20,24). The normalized spacial score (nSPS) is 10.8. The average molecular weight is 409 g/mol.